The molecule has 2 aromatic rings. The Morgan fingerprint density at radius 1 is 1.42 bits per heavy atom. The summed E-state index contributed by atoms with van der Waals surface area (Å²) in [6, 6.07) is 2.66. The second-order valence-electron chi connectivity index (χ2n) is 6.40. The molecule has 0 aliphatic heterocycles. The number of aromatic nitrogens is 2. The summed E-state index contributed by atoms with van der Waals surface area (Å²) < 4.78 is 1.68. The number of thiophene rings is 1. The van der Waals surface area contributed by atoms with Gasteiger partial charge in [0.15, 0.2) is 0 Å². The molecular formula is C16H22Cl2N4OS. The number of nitrogens with zero attached hydrogens (tertiary/aromatic N) is 2. The van der Waals surface area contributed by atoms with E-state index in [1.807, 2.05) is 13.1 Å². The Morgan fingerprint density at radius 2 is 2.21 bits per heavy atom. The molecule has 2 heterocycles. The molecule has 2 saturated carbocycles. The number of anilines is 1. The number of hydrogen-bond donors (Lipinski definition) is 2. The Labute approximate surface area is 158 Å². The number of carbonyl (C=O) groups excluding carboxylic acids is 1. The first kappa shape index (κ1) is 19.2. The molecule has 2 aromatic heterocycles. The minimum absolute atomic E-state index is 0. The smallest absolute Gasteiger partial charge is 0.265 e. The number of halogens is 2. The number of carbonyl (C=O) groups is 1. The Morgan fingerprint density at radius 3 is 2.88 bits per heavy atom. The van der Waals surface area contributed by atoms with E-state index in [2.05, 4.69) is 21.1 Å². The van der Waals surface area contributed by atoms with Gasteiger partial charge in [0.2, 0.25) is 0 Å². The maximum absolute atomic E-state index is 12.2. The quantitative estimate of drug-likeness (QED) is 0.796. The average Bonchev–Trinajstić information content (AvgIpc) is 3.38. The first-order chi connectivity index (χ1) is 10.7. The van der Waals surface area contributed by atoms with Gasteiger partial charge >= 0.3 is 0 Å². The number of nitrogens with one attached hydrogen (secondary N) is 2. The molecule has 2 N–H and O–H groups in total. The molecule has 8 heteroatoms. The van der Waals surface area contributed by atoms with Crippen LogP contribution in [0.3, 0.4) is 0 Å². The molecule has 2 aliphatic carbocycles. The third kappa shape index (κ3) is 4.51. The van der Waals surface area contributed by atoms with Gasteiger partial charge in [0.25, 0.3) is 5.91 Å². The standard InChI is InChI=1S/C16H20N4OS.2ClH/c1-20-8-12(7-18-20)19-16(21)15-4-11(9-22-15)13-5-14(13)17-6-10-2-3-10;;/h4,7-10,13-14,17H,2-3,5-6H2,1H3,(H,19,21);2*1H. The Bertz CT molecular complexity index is 698. The molecule has 4 rings (SSSR count). The highest BCUT2D eigenvalue weighted by Gasteiger charge is 2.39. The van der Waals surface area contributed by atoms with Crippen molar-refractivity contribution in [3.05, 3.63) is 34.3 Å². The van der Waals surface area contributed by atoms with Crippen molar-refractivity contribution in [1.82, 2.24) is 15.1 Å². The maximum atomic E-state index is 12.2. The molecule has 132 valence electrons. The van der Waals surface area contributed by atoms with Crippen LogP contribution in [-0.4, -0.2) is 28.3 Å². The van der Waals surface area contributed by atoms with Crippen molar-refractivity contribution in [1.29, 1.82) is 0 Å². The molecule has 0 bridgehead atoms. The van der Waals surface area contributed by atoms with Crippen LogP contribution in [0.1, 0.15) is 40.4 Å². The molecule has 2 fully saturated rings. The summed E-state index contributed by atoms with van der Waals surface area (Å²) in [5.74, 6) is 1.46. The van der Waals surface area contributed by atoms with Gasteiger partial charge in [0.05, 0.1) is 16.8 Å². The first-order valence-electron chi connectivity index (χ1n) is 7.81. The highest BCUT2D eigenvalue weighted by atomic mass is 35.5. The van der Waals surface area contributed by atoms with Crippen LogP contribution < -0.4 is 10.6 Å². The van der Waals surface area contributed by atoms with Gasteiger partial charge in [-0.25, -0.2) is 0 Å². The molecule has 5 nitrogen and oxygen atoms in total. The van der Waals surface area contributed by atoms with E-state index in [0.29, 0.717) is 12.0 Å². The first-order valence-corrected chi connectivity index (χ1v) is 8.69. The lowest BCUT2D eigenvalue weighted by Gasteiger charge is -2.01. The van der Waals surface area contributed by atoms with Crippen LogP contribution in [0.4, 0.5) is 5.69 Å². The van der Waals surface area contributed by atoms with E-state index in [1.54, 1.807) is 17.1 Å². The number of amides is 1. The van der Waals surface area contributed by atoms with Gasteiger partial charge in [0.1, 0.15) is 0 Å². The molecule has 2 unspecified atom stereocenters. The van der Waals surface area contributed by atoms with Gasteiger partial charge in [-0.2, -0.15) is 5.10 Å². The van der Waals surface area contributed by atoms with Gasteiger partial charge < -0.3 is 10.6 Å². The summed E-state index contributed by atoms with van der Waals surface area (Å²) in [5, 5.41) is 12.7. The minimum atomic E-state index is -0.0487. The van der Waals surface area contributed by atoms with Crippen molar-refractivity contribution in [2.45, 2.75) is 31.2 Å². The summed E-state index contributed by atoms with van der Waals surface area (Å²) in [6.07, 6.45) is 7.44. The van der Waals surface area contributed by atoms with Gasteiger partial charge in [-0.15, -0.1) is 36.2 Å². The minimum Gasteiger partial charge on any atom is -0.319 e. The van der Waals surface area contributed by atoms with Gasteiger partial charge in [0, 0.05) is 25.2 Å². The van der Waals surface area contributed by atoms with E-state index in [0.717, 1.165) is 16.5 Å². The van der Waals surface area contributed by atoms with Crippen LogP contribution in [0.5, 0.6) is 0 Å². The van der Waals surface area contributed by atoms with Gasteiger partial charge in [-0.05, 0) is 48.7 Å². The van der Waals surface area contributed by atoms with Crippen molar-refractivity contribution in [2.24, 2.45) is 13.0 Å². The van der Waals surface area contributed by atoms with Crippen LogP contribution in [0.15, 0.2) is 23.8 Å². The van der Waals surface area contributed by atoms with Crippen LogP contribution >= 0.6 is 36.2 Å². The highest BCUT2D eigenvalue weighted by Crippen LogP contribution is 2.43. The van der Waals surface area contributed by atoms with E-state index in [9.17, 15) is 4.79 Å². The molecule has 2 atom stereocenters. The van der Waals surface area contributed by atoms with E-state index in [1.165, 1.54) is 42.7 Å². The van der Waals surface area contributed by atoms with Crippen molar-refractivity contribution in [3.63, 3.8) is 0 Å². The lowest BCUT2D eigenvalue weighted by molar-refractivity contribution is 0.103. The van der Waals surface area contributed by atoms with Crippen molar-refractivity contribution >= 4 is 47.7 Å². The van der Waals surface area contributed by atoms with Crippen LogP contribution in [0.25, 0.3) is 0 Å². The lowest BCUT2D eigenvalue weighted by Crippen LogP contribution is -2.20. The maximum Gasteiger partial charge on any atom is 0.265 e. The van der Waals surface area contributed by atoms with Gasteiger partial charge in [-0.1, -0.05) is 0 Å². The van der Waals surface area contributed by atoms with E-state index < -0.39 is 0 Å². The number of aryl methyl sites for hydroxylation is 1. The zero-order valence-electron chi connectivity index (χ0n) is 13.4. The zero-order chi connectivity index (χ0) is 15.1. The lowest BCUT2D eigenvalue weighted by atomic mass is 10.2. The summed E-state index contributed by atoms with van der Waals surface area (Å²) in [6.45, 7) is 1.17. The molecule has 0 radical (unpaired) electrons. The van der Waals surface area contributed by atoms with Crippen molar-refractivity contribution < 1.29 is 4.79 Å². The predicted octanol–water partition coefficient (Wildman–Crippen LogP) is 3.43. The van der Waals surface area contributed by atoms with E-state index >= 15 is 0 Å². The van der Waals surface area contributed by atoms with E-state index in [-0.39, 0.29) is 30.7 Å². The van der Waals surface area contributed by atoms with Crippen LogP contribution in [-0.2, 0) is 7.05 Å². The van der Waals surface area contributed by atoms with Gasteiger partial charge in [-0.3, -0.25) is 9.48 Å². The number of hydrogen-bond acceptors (Lipinski definition) is 4. The third-order valence-electron chi connectivity index (χ3n) is 4.39. The fourth-order valence-corrected chi connectivity index (χ4v) is 3.64. The molecule has 0 spiro atoms. The molecular weight excluding hydrogens is 367 g/mol. The fourth-order valence-electron chi connectivity index (χ4n) is 2.77. The molecule has 24 heavy (non-hydrogen) atoms. The molecule has 0 saturated heterocycles. The zero-order valence-corrected chi connectivity index (χ0v) is 15.8. The summed E-state index contributed by atoms with van der Waals surface area (Å²) in [5.41, 5.74) is 2.03. The predicted molar refractivity (Wildman–Crippen MR) is 102 cm³/mol. The molecule has 1 amide bonds. The number of rotatable bonds is 6. The Kier molecular flexibility index (Phi) is 6.31. The summed E-state index contributed by atoms with van der Waals surface area (Å²) in [7, 11) is 1.83. The monoisotopic (exact) mass is 388 g/mol. The van der Waals surface area contributed by atoms with E-state index in [4.69, 9.17) is 0 Å². The van der Waals surface area contributed by atoms with Crippen LogP contribution in [0.2, 0.25) is 0 Å². The summed E-state index contributed by atoms with van der Waals surface area (Å²) >= 11 is 1.52. The second kappa shape index (κ2) is 7.87. The fraction of sp³-hybridized carbons (Fsp3) is 0.500. The summed E-state index contributed by atoms with van der Waals surface area (Å²) in [4.78, 5) is 13.0. The normalized spacial score (nSPS) is 21.5. The van der Waals surface area contributed by atoms with Crippen LogP contribution in [0, 0.1) is 5.92 Å². The van der Waals surface area contributed by atoms with Crippen molar-refractivity contribution in [3.8, 4) is 0 Å². The average molecular weight is 389 g/mol. The highest BCUT2D eigenvalue weighted by molar-refractivity contribution is 7.12. The topological polar surface area (TPSA) is 59.0 Å². The molecule has 2 aliphatic rings. The largest absolute Gasteiger partial charge is 0.319 e. The Balaban J connectivity index is 0.00000104. The SMILES string of the molecule is Cl.Cl.Cn1cc(NC(=O)c2cc(C3CC3NCC3CC3)cs2)cn1. The third-order valence-corrected chi connectivity index (χ3v) is 5.34. The van der Waals surface area contributed by atoms with Crippen molar-refractivity contribution in [2.75, 3.05) is 11.9 Å². The second-order valence-corrected chi connectivity index (χ2v) is 7.31. The molecule has 0 aromatic carbocycles. The Hall–Kier alpha value is -1.08.